The van der Waals surface area contributed by atoms with E-state index in [9.17, 15) is 14.4 Å². The molecule has 0 saturated carbocycles. The summed E-state index contributed by atoms with van der Waals surface area (Å²) in [7, 11) is 0. The smallest absolute Gasteiger partial charge is 0.303 e. The Bertz CT molecular complexity index is 156. The van der Waals surface area contributed by atoms with E-state index in [1.54, 1.807) is 13.8 Å². The molecule has 0 aromatic heterocycles. The van der Waals surface area contributed by atoms with Gasteiger partial charge in [0.1, 0.15) is 5.78 Å². The Morgan fingerprint density at radius 1 is 0.857 bits per heavy atom. The number of carbonyl (C=O) groups is 3. The van der Waals surface area contributed by atoms with Crippen LogP contribution in [-0.2, 0) is 14.4 Å². The predicted molar refractivity (Wildman–Crippen MR) is 52.2 cm³/mol. The molecule has 0 aliphatic rings. The number of carboxylic acid groups (broad SMARTS) is 2. The summed E-state index contributed by atoms with van der Waals surface area (Å²) < 4.78 is 0. The van der Waals surface area contributed by atoms with Crippen LogP contribution in [0.25, 0.3) is 0 Å². The third kappa shape index (κ3) is 144. The van der Waals surface area contributed by atoms with Crippen LogP contribution in [0, 0.1) is 0 Å². The minimum Gasteiger partial charge on any atom is -0.481 e. The topological polar surface area (TPSA) is 91.7 Å². The molecule has 0 spiro atoms. The normalized spacial score (nSPS) is 7.14. The van der Waals surface area contributed by atoms with Gasteiger partial charge in [0.25, 0.3) is 0 Å². The molecule has 0 bridgehead atoms. The van der Waals surface area contributed by atoms with E-state index in [0.717, 1.165) is 0 Å². The minimum atomic E-state index is -0.745. The molecule has 0 heterocycles. The summed E-state index contributed by atoms with van der Waals surface area (Å²) in [6.07, 6.45) is 0.444. The second-order valence-electron chi connectivity index (χ2n) is 2.40. The molecule has 2 N–H and O–H groups in total. The molecule has 0 fully saturated rings. The number of Topliss-reactive ketones (excluding diaryl/α,β-unsaturated/α-hetero) is 1. The maximum absolute atomic E-state index is 9.44. The number of carboxylic acids is 2. The summed E-state index contributed by atoms with van der Waals surface area (Å²) in [5.41, 5.74) is 0. The molecule has 0 unspecified atom stereocenters. The first kappa shape index (κ1) is 18.4. The van der Waals surface area contributed by atoms with E-state index in [2.05, 4.69) is 0 Å². The lowest BCUT2D eigenvalue weighted by Gasteiger charge is -1.71. The summed E-state index contributed by atoms with van der Waals surface area (Å²) in [6.45, 7) is 6.25. The van der Waals surface area contributed by atoms with Crippen LogP contribution < -0.4 is 0 Å². The molecule has 0 amide bonds. The molecule has 5 heteroatoms. The Labute approximate surface area is 83.7 Å². The third-order valence-electron chi connectivity index (χ3n) is 0.605. The molecule has 0 aromatic rings. The SMILES string of the molecule is CC(C)=O.CCC(=O)O.CCC(=O)O. The van der Waals surface area contributed by atoms with Gasteiger partial charge in [0.05, 0.1) is 0 Å². The fourth-order valence-corrected chi connectivity index (χ4v) is 0. The summed E-state index contributed by atoms with van der Waals surface area (Å²) in [6, 6.07) is 0. The zero-order chi connectivity index (χ0) is 12.1. The predicted octanol–water partition coefficient (Wildman–Crippen LogP) is 1.56. The van der Waals surface area contributed by atoms with E-state index in [4.69, 9.17) is 10.2 Å². The van der Waals surface area contributed by atoms with Gasteiger partial charge in [-0.15, -0.1) is 0 Å². The quantitative estimate of drug-likeness (QED) is 0.715. The van der Waals surface area contributed by atoms with E-state index < -0.39 is 11.9 Å². The second kappa shape index (κ2) is 14.2. The zero-order valence-corrected chi connectivity index (χ0v) is 9.03. The van der Waals surface area contributed by atoms with Gasteiger partial charge in [-0.25, -0.2) is 0 Å². The Balaban J connectivity index is -0.000000131. The van der Waals surface area contributed by atoms with Crippen molar-refractivity contribution in [3.63, 3.8) is 0 Å². The van der Waals surface area contributed by atoms with Crippen molar-refractivity contribution in [1.29, 1.82) is 0 Å². The van der Waals surface area contributed by atoms with Crippen LogP contribution in [0.2, 0.25) is 0 Å². The van der Waals surface area contributed by atoms with Crippen LogP contribution in [0.3, 0.4) is 0 Å². The van der Waals surface area contributed by atoms with E-state index in [-0.39, 0.29) is 18.6 Å². The minimum absolute atomic E-state index is 0.167. The maximum Gasteiger partial charge on any atom is 0.303 e. The largest absolute Gasteiger partial charge is 0.481 e. The van der Waals surface area contributed by atoms with Crippen LogP contribution in [-0.4, -0.2) is 27.9 Å². The van der Waals surface area contributed by atoms with Crippen molar-refractivity contribution in [3.05, 3.63) is 0 Å². The van der Waals surface area contributed by atoms with Gasteiger partial charge in [0.15, 0.2) is 0 Å². The van der Waals surface area contributed by atoms with Gasteiger partial charge in [0.2, 0.25) is 0 Å². The highest BCUT2D eigenvalue weighted by Crippen LogP contribution is 1.67. The molecule has 0 aliphatic carbocycles. The number of rotatable bonds is 2. The second-order valence-corrected chi connectivity index (χ2v) is 2.40. The standard InChI is InChI=1S/2C3H6O2.C3H6O/c2*1-2-3(4)5;1-3(2)4/h2*2H2,1H3,(H,4,5);1-2H3. The van der Waals surface area contributed by atoms with Gasteiger partial charge in [-0.3, -0.25) is 9.59 Å². The Morgan fingerprint density at radius 3 is 0.929 bits per heavy atom. The van der Waals surface area contributed by atoms with Crippen molar-refractivity contribution in [2.45, 2.75) is 40.5 Å². The van der Waals surface area contributed by atoms with Gasteiger partial charge in [0, 0.05) is 12.8 Å². The van der Waals surface area contributed by atoms with Gasteiger partial charge in [-0.1, -0.05) is 13.8 Å². The van der Waals surface area contributed by atoms with E-state index in [0.29, 0.717) is 0 Å². The highest BCUT2D eigenvalue weighted by molar-refractivity contribution is 5.72. The summed E-state index contributed by atoms with van der Waals surface area (Å²) >= 11 is 0. The molecule has 0 saturated heterocycles. The van der Waals surface area contributed by atoms with Crippen LogP contribution >= 0.6 is 0 Å². The van der Waals surface area contributed by atoms with Crippen molar-refractivity contribution in [2.24, 2.45) is 0 Å². The highest BCUT2D eigenvalue weighted by Gasteiger charge is 1.81. The summed E-state index contributed by atoms with van der Waals surface area (Å²) in [5, 5.41) is 15.4. The summed E-state index contributed by atoms with van der Waals surface area (Å²) in [5.74, 6) is -1.32. The van der Waals surface area contributed by atoms with Gasteiger partial charge in [-0.05, 0) is 13.8 Å². The lowest BCUT2D eigenvalue weighted by molar-refractivity contribution is -0.137. The van der Waals surface area contributed by atoms with E-state index in [1.165, 1.54) is 13.8 Å². The van der Waals surface area contributed by atoms with Gasteiger partial charge < -0.3 is 15.0 Å². The average Bonchev–Trinajstić information content (AvgIpc) is 2.04. The third-order valence-corrected chi connectivity index (χ3v) is 0.605. The van der Waals surface area contributed by atoms with Crippen LogP contribution in [0.15, 0.2) is 0 Å². The van der Waals surface area contributed by atoms with Crippen LogP contribution in [0.1, 0.15) is 40.5 Å². The van der Waals surface area contributed by atoms with Crippen molar-refractivity contribution in [3.8, 4) is 0 Å². The van der Waals surface area contributed by atoms with E-state index >= 15 is 0 Å². The number of ketones is 1. The summed E-state index contributed by atoms with van der Waals surface area (Å²) in [4.78, 5) is 28.2. The van der Waals surface area contributed by atoms with Crippen LogP contribution in [0.4, 0.5) is 0 Å². The van der Waals surface area contributed by atoms with Crippen molar-refractivity contribution >= 4 is 17.7 Å². The van der Waals surface area contributed by atoms with Crippen molar-refractivity contribution < 1.29 is 24.6 Å². The molecule has 84 valence electrons. The zero-order valence-electron chi connectivity index (χ0n) is 9.03. The number of hydrogen-bond donors (Lipinski definition) is 2. The first-order valence-electron chi connectivity index (χ1n) is 4.18. The Kier molecular flexibility index (Phi) is 18.6. The fraction of sp³-hybridized carbons (Fsp3) is 0.667. The first-order chi connectivity index (χ1) is 6.27. The maximum atomic E-state index is 9.44. The number of aliphatic carboxylic acids is 2. The molecule has 5 nitrogen and oxygen atoms in total. The van der Waals surface area contributed by atoms with Crippen LogP contribution in [0.5, 0.6) is 0 Å². The van der Waals surface area contributed by atoms with Crippen molar-refractivity contribution in [2.75, 3.05) is 0 Å². The first-order valence-corrected chi connectivity index (χ1v) is 4.18. The molecule has 0 aromatic carbocycles. The van der Waals surface area contributed by atoms with Gasteiger partial charge in [-0.2, -0.15) is 0 Å². The molecule has 0 radical (unpaired) electrons. The highest BCUT2D eigenvalue weighted by atomic mass is 16.4. The lowest BCUT2D eigenvalue weighted by atomic mass is 10.5. The average molecular weight is 206 g/mol. The number of carbonyl (C=O) groups excluding carboxylic acids is 1. The Hall–Kier alpha value is -1.39. The molecule has 14 heavy (non-hydrogen) atoms. The van der Waals surface area contributed by atoms with Gasteiger partial charge >= 0.3 is 11.9 Å². The molecule has 0 rings (SSSR count). The molecule has 0 atom stereocenters. The van der Waals surface area contributed by atoms with E-state index in [1.807, 2.05) is 0 Å². The lowest BCUT2D eigenvalue weighted by Crippen LogP contribution is -1.86. The fourth-order valence-electron chi connectivity index (χ4n) is 0. The van der Waals surface area contributed by atoms with Crippen molar-refractivity contribution in [1.82, 2.24) is 0 Å². The molecular formula is C9H18O5. The number of hydrogen-bond acceptors (Lipinski definition) is 3. The molecular weight excluding hydrogens is 188 g/mol. The monoisotopic (exact) mass is 206 g/mol. The molecule has 0 aliphatic heterocycles. The Morgan fingerprint density at radius 2 is 0.929 bits per heavy atom.